The normalized spacial score (nSPS) is 21.1. The van der Waals surface area contributed by atoms with Crippen molar-refractivity contribution in [1.29, 1.82) is 0 Å². The van der Waals surface area contributed by atoms with Crippen LogP contribution in [0.15, 0.2) is 27.5 Å². The van der Waals surface area contributed by atoms with Crippen molar-refractivity contribution in [2.24, 2.45) is 0 Å². The van der Waals surface area contributed by atoms with Crippen molar-refractivity contribution in [3.8, 4) is 5.75 Å². The van der Waals surface area contributed by atoms with Crippen LogP contribution in [0.25, 0.3) is 0 Å². The molecule has 2 aliphatic rings. The zero-order valence-electron chi connectivity index (χ0n) is 17.8. The number of sulfone groups is 1. The number of benzene rings is 1. The summed E-state index contributed by atoms with van der Waals surface area (Å²) in [6.45, 7) is 0.903. The van der Waals surface area contributed by atoms with Gasteiger partial charge in [-0.2, -0.15) is 13.2 Å². The van der Waals surface area contributed by atoms with E-state index in [0.717, 1.165) is 6.07 Å². The van der Waals surface area contributed by atoms with Gasteiger partial charge in [-0.05, 0) is 62.4 Å². The fourth-order valence-corrected chi connectivity index (χ4v) is 6.67. The summed E-state index contributed by atoms with van der Waals surface area (Å²) in [5.74, 6) is -1.80. The van der Waals surface area contributed by atoms with E-state index < -0.39 is 49.7 Å². The Morgan fingerprint density at radius 2 is 2.00 bits per heavy atom. The molecular formula is C21H23ClF3N3O5S. The Bertz CT molecular complexity index is 1190. The summed E-state index contributed by atoms with van der Waals surface area (Å²) in [7, 11) is -4.00. The highest BCUT2D eigenvalue weighted by atomic mass is 35.5. The number of alkyl halides is 3. The van der Waals surface area contributed by atoms with Crippen LogP contribution in [0.3, 0.4) is 0 Å². The standard InChI is InChI=1S/C21H23ClF3N3O5S/c22-13-6-7-14(17(29)19(13)34(31,32)12-4-2-8-26-10-12)27-20(30)28-15-5-1-3-11-9-16(21(23,24)25)33-18(11)15/h6-7,9,12,15,26,29H,1-5,8,10H2,(H2,27,28,30). The molecule has 186 valence electrons. The first-order chi connectivity index (χ1) is 16.0. The van der Waals surface area contributed by atoms with Crippen LogP contribution in [-0.2, 0) is 22.4 Å². The smallest absolute Gasteiger partial charge is 0.449 e. The number of phenols is 1. The average molecular weight is 522 g/mol. The first-order valence-corrected chi connectivity index (χ1v) is 12.6. The third kappa shape index (κ3) is 4.84. The minimum atomic E-state index is -4.64. The van der Waals surface area contributed by atoms with Gasteiger partial charge in [0.25, 0.3) is 0 Å². The van der Waals surface area contributed by atoms with E-state index in [9.17, 15) is 31.5 Å². The van der Waals surface area contributed by atoms with Gasteiger partial charge in [0.1, 0.15) is 10.7 Å². The van der Waals surface area contributed by atoms with Gasteiger partial charge in [0.05, 0.1) is 22.0 Å². The number of furan rings is 1. The Balaban J connectivity index is 1.54. The van der Waals surface area contributed by atoms with Gasteiger partial charge >= 0.3 is 12.2 Å². The Morgan fingerprint density at radius 1 is 1.24 bits per heavy atom. The first-order valence-electron chi connectivity index (χ1n) is 10.7. The molecule has 8 nitrogen and oxygen atoms in total. The molecule has 2 amide bonds. The third-order valence-corrected chi connectivity index (χ3v) is 8.68. The minimum absolute atomic E-state index is 0.0297. The molecule has 13 heteroatoms. The van der Waals surface area contributed by atoms with Gasteiger partial charge in [-0.15, -0.1) is 0 Å². The lowest BCUT2D eigenvalue weighted by Gasteiger charge is -2.24. The second-order valence-corrected chi connectivity index (χ2v) is 10.9. The molecule has 1 fully saturated rings. The molecule has 2 heterocycles. The number of urea groups is 1. The number of nitrogens with one attached hydrogen (secondary N) is 3. The number of amides is 2. The van der Waals surface area contributed by atoms with E-state index in [1.807, 2.05) is 0 Å². The number of carbonyl (C=O) groups is 1. The van der Waals surface area contributed by atoms with Crippen molar-refractivity contribution in [3.05, 3.63) is 40.3 Å². The maximum absolute atomic E-state index is 13.1. The van der Waals surface area contributed by atoms with E-state index >= 15 is 0 Å². The highest BCUT2D eigenvalue weighted by Crippen LogP contribution is 2.41. The van der Waals surface area contributed by atoms with Crippen LogP contribution in [0.2, 0.25) is 5.02 Å². The second-order valence-electron chi connectivity index (χ2n) is 8.33. The van der Waals surface area contributed by atoms with Gasteiger partial charge < -0.3 is 25.5 Å². The number of phenolic OH excluding ortho intramolecular Hbond substituents is 1. The fraction of sp³-hybridized carbons (Fsp3) is 0.476. The van der Waals surface area contributed by atoms with Crippen molar-refractivity contribution in [3.63, 3.8) is 0 Å². The largest absolute Gasteiger partial charge is 0.504 e. The molecule has 2 aromatic rings. The highest BCUT2D eigenvalue weighted by molar-refractivity contribution is 7.92. The lowest BCUT2D eigenvalue weighted by molar-refractivity contribution is -0.153. The van der Waals surface area contributed by atoms with Crippen molar-refractivity contribution in [2.75, 3.05) is 18.4 Å². The quantitative estimate of drug-likeness (QED) is 0.443. The molecule has 4 N–H and O–H groups in total. The summed E-state index contributed by atoms with van der Waals surface area (Å²) in [4.78, 5) is 12.1. The summed E-state index contributed by atoms with van der Waals surface area (Å²) in [5.41, 5.74) is 0.170. The molecule has 2 atom stereocenters. The van der Waals surface area contributed by atoms with Crippen LogP contribution in [0.5, 0.6) is 5.75 Å². The maximum atomic E-state index is 13.1. The average Bonchev–Trinajstić information content (AvgIpc) is 3.22. The van der Waals surface area contributed by atoms with Gasteiger partial charge in [-0.3, -0.25) is 0 Å². The SMILES string of the molecule is O=C(Nc1ccc(Cl)c(S(=O)(=O)C2CCCNC2)c1O)NC1CCCc2cc(C(F)(F)F)oc21. The Morgan fingerprint density at radius 3 is 2.68 bits per heavy atom. The Labute approximate surface area is 198 Å². The van der Waals surface area contributed by atoms with Crippen LogP contribution in [0, 0.1) is 0 Å². The number of aromatic hydroxyl groups is 1. The van der Waals surface area contributed by atoms with E-state index in [4.69, 9.17) is 16.0 Å². The number of piperidine rings is 1. The number of halogens is 4. The first kappa shape index (κ1) is 24.7. The molecule has 1 saturated heterocycles. The monoisotopic (exact) mass is 521 g/mol. The molecule has 0 saturated carbocycles. The van der Waals surface area contributed by atoms with Crippen molar-refractivity contribution >= 4 is 33.2 Å². The minimum Gasteiger partial charge on any atom is -0.504 e. The van der Waals surface area contributed by atoms with Crippen molar-refractivity contribution < 1.29 is 35.9 Å². The maximum Gasteiger partial charge on any atom is 0.449 e. The molecule has 0 bridgehead atoms. The summed E-state index contributed by atoms with van der Waals surface area (Å²) in [6.07, 6.45) is -2.31. The number of rotatable bonds is 4. The number of fused-ring (bicyclic) bond motifs is 1. The summed E-state index contributed by atoms with van der Waals surface area (Å²) >= 11 is 6.10. The van der Waals surface area contributed by atoms with E-state index in [1.165, 1.54) is 12.1 Å². The topological polar surface area (TPSA) is 121 Å². The molecule has 4 rings (SSSR count). The lowest BCUT2D eigenvalue weighted by Crippen LogP contribution is -2.39. The predicted octanol–water partition coefficient (Wildman–Crippen LogP) is 4.38. The van der Waals surface area contributed by atoms with Gasteiger partial charge in [-0.25, -0.2) is 13.2 Å². The summed E-state index contributed by atoms with van der Waals surface area (Å²) in [5, 5.41) is 17.6. The molecule has 1 aromatic carbocycles. The number of hydrogen-bond acceptors (Lipinski definition) is 6. The molecule has 1 aliphatic heterocycles. The van der Waals surface area contributed by atoms with Crippen LogP contribution in [-0.4, -0.2) is 37.9 Å². The van der Waals surface area contributed by atoms with Gasteiger partial charge in [0.2, 0.25) is 5.76 Å². The third-order valence-electron chi connectivity index (χ3n) is 5.99. The van der Waals surface area contributed by atoms with Crippen molar-refractivity contribution in [2.45, 2.75) is 54.5 Å². The zero-order chi connectivity index (χ0) is 24.7. The molecule has 34 heavy (non-hydrogen) atoms. The van der Waals surface area contributed by atoms with Crippen LogP contribution < -0.4 is 16.0 Å². The number of anilines is 1. The molecule has 1 aromatic heterocycles. The number of carbonyl (C=O) groups excluding carboxylic acids is 1. The highest BCUT2D eigenvalue weighted by Gasteiger charge is 2.39. The van der Waals surface area contributed by atoms with E-state index in [0.29, 0.717) is 44.2 Å². The number of aryl methyl sites for hydroxylation is 1. The summed E-state index contributed by atoms with van der Waals surface area (Å²) in [6, 6.07) is 1.77. The molecule has 0 spiro atoms. The Hall–Kier alpha value is -2.44. The van der Waals surface area contributed by atoms with Crippen LogP contribution in [0.4, 0.5) is 23.7 Å². The van der Waals surface area contributed by atoms with Gasteiger partial charge in [0.15, 0.2) is 15.6 Å². The predicted molar refractivity (Wildman–Crippen MR) is 118 cm³/mol. The Kier molecular flexibility index (Phi) is 6.76. The van der Waals surface area contributed by atoms with E-state index in [2.05, 4.69) is 16.0 Å². The van der Waals surface area contributed by atoms with Crippen molar-refractivity contribution in [1.82, 2.24) is 10.6 Å². The van der Waals surface area contributed by atoms with E-state index in [1.54, 1.807) is 0 Å². The fourth-order valence-electron chi connectivity index (χ4n) is 4.32. The summed E-state index contributed by atoms with van der Waals surface area (Å²) < 4.78 is 70.2. The number of hydrogen-bond donors (Lipinski definition) is 4. The molecule has 0 radical (unpaired) electrons. The van der Waals surface area contributed by atoms with Gasteiger partial charge in [0, 0.05) is 6.54 Å². The van der Waals surface area contributed by atoms with Crippen LogP contribution in [0.1, 0.15) is 48.8 Å². The molecule has 1 aliphatic carbocycles. The zero-order valence-corrected chi connectivity index (χ0v) is 19.4. The lowest BCUT2D eigenvalue weighted by atomic mass is 9.94. The van der Waals surface area contributed by atoms with E-state index in [-0.39, 0.29) is 23.0 Å². The molecule has 2 unspecified atom stereocenters. The van der Waals surface area contributed by atoms with Gasteiger partial charge in [-0.1, -0.05) is 11.6 Å². The molecular weight excluding hydrogens is 499 g/mol. The second kappa shape index (κ2) is 9.31. The van der Waals surface area contributed by atoms with Crippen LogP contribution >= 0.6 is 11.6 Å².